The van der Waals surface area contributed by atoms with Gasteiger partial charge in [0.25, 0.3) is 0 Å². The molecule has 0 aliphatic carbocycles. The second-order valence-electron chi connectivity index (χ2n) is 11.1. The van der Waals surface area contributed by atoms with Gasteiger partial charge in [-0.15, -0.1) is 0 Å². The SMILES string of the molecule is C=C(OCCCCCCCCCCCC)C(=O)O[Si](C)(C)OC(=O)C(=C)OCCCCCCCCCCCC. The van der Waals surface area contributed by atoms with Crippen molar-refractivity contribution in [1.82, 2.24) is 0 Å². The summed E-state index contributed by atoms with van der Waals surface area (Å²) < 4.78 is 21.8. The predicted octanol–water partition coefficient (Wildman–Crippen LogP) is 9.68. The van der Waals surface area contributed by atoms with Gasteiger partial charge in [0.2, 0.25) is 0 Å². The van der Waals surface area contributed by atoms with E-state index in [0.29, 0.717) is 13.2 Å². The summed E-state index contributed by atoms with van der Waals surface area (Å²) in [5.41, 5.74) is 0. The van der Waals surface area contributed by atoms with Crippen molar-refractivity contribution in [3.8, 4) is 0 Å². The first-order chi connectivity index (χ1) is 18.7. The smallest absolute Gasteiger partial charge is 0.458 e. The van der Waals surface area contributed by atoms with Crippen molar-refractivity contribution in [2.75, 3.05) is 13.2 Å². The van der Waals surface area contributed by atoms with Gasteiger partial charge in [0.1, 0.15) is 0 Å². The highest BCUT2D eigenvalue weighted by atomic mass is 28.4. The summed E-state index contributed by atoms with van der Waals surface area (Å²) in [4.78, 5) is 24.7. The van der Waals surface area contributed by atoms with Crippen molar-refractivity contribution in [3.63, 3.8) is 0 Å². The van der Waals surface area contributed by atoms with Crippen molar-refractivity contribution in [2.24, 2.45) is 0 Å². The predicted molar refractivity (Wildman–Crippen MR) is 164 cm³/mol. The lowest BCUT2D eigenvalue weighted by Gasteiger charge is -2.23. The minimum atomic E-state index is -3.10. The number of ether oxygens (including phenoxy) is 2. The molecule has 0 rings (SSSR count). The Kier molecular flexibility index (Phi) is 24.1. The summed E-state index contributed by atoms with van der Waals surface area (Å²) in [5, 5.41) is 0. The summed E-state index contributed by atoms with van der Waals surface area (Å²) in [5.74, 6) is -1.50. The molecule has 0 amide bonds. The minimum Gasteiger partial charge on any atom is -0.487 e. The number of carbonyl (C=O) groups excluding carboxylic acids is 2. The van der Waals surface area contributed by atoms with E-state index in [1.807, 2.05) is 0 Å². The van der Waals surface area contributed by atoms with Crippen LogP contribution < -0.4 is 0 Å². The molecule has 0 aromatic rings. The second kappa shape index (κ2) is 25.2. The Morgan fingerprint density at radius 1 is 0.487 bits per heavy atom. The van der Waals surface area contributed by atoms with Gasteiger partial charge in [-0.3, -0.25) is 0 Å². The average molecular weight is 569 g/mol. The molecule has 0 aromatic heterocycles. The third-order valence-corrected chi connectivity index (χ3v) is 8.03. The van der Waals surface area contributed by atoms with Gasteiger partial charge < -0.3 is 18.3 Å². The Balaban J connectivity index is 3.89. The summed E-state index contributed by atoms with van der Waals surface area (Å²) in [7, 11) is -3.10. The molecule has 228 valence electrons. The lowest BCUT2D eigenvalue weighted by atomic mass is 10.1. The third kappa shape index (κ3) is 23.8. The third-order valence-electron chi connectivity index (χ3n) is 6.68. The van der Waals surface area contributed by atoms with Crippen LogP contribution in [0.4, 0.5) is 0 Å². The van der Waals surface area contributed by atoms with Gasteiger partial charge in [-0.2, -0.15) is 0 Å². The highest BCUT2D eigenvalue weighted by Gasteiger charge is 2.35. The molecule has 0 unspecified atom stereocenters. The van der Waals surface area contributed by atoms with Crippen molar-refractivity contribution >= 4 is 20.5 Å². The van der Waals surface area contributed by atoms with E-state index in [4.69, 9.17) is 18.3 Å². The fourth-order valence-corrected chi connectivity index (χ4v) is 5.43. The van der Waals surface area contributed by atoms with E-state index in [1.165, 1.54) is 103 Å². The molecule has 39 heavy (non-hydrogen) atoms. The van der Waals surface area contributed by atoms with Crippen molar-refractivity contribution in [1.29, 1.82) is 0 Å². The summed E-state index contributed by atoms with van der Waals surface area (Å²) in [6.07, 6.45) is 24.6. The first-order valence-electron chi connectivity index (χ1n) is 15.8. The van der Waals surface area contributed by atoms with Crippen molar-refractivity contribution in [2.45, 2.75) is 155 Å². The zero-order valence-corrected chi connectivity index (χ0v) is 26.9. The van der Waals surface area contributed by atoms with Gasteiger partial charge in [-0.25, -0.2) is 9.59 Å². The molecule has 0 fully saturated rings. The average Bonchev–Trinajstić information content (AvgIpc) is 2.89. The first-order valence-corrected chi connectivity index (χ1v) is 18.6. The minimum absolute atomic E-state index is 0.0569. The van der Waals surface area contributed by atoms with Gasteiger partial charge in [-0.1, -0.05) is 129 Å². The highest BCUT2D eigenvalue weighted by Crippen LogP contribution is 2.15. The molecule has 0 heterocycles. The molecular weight excluding hydrogens is 508 g/mol. The molecule has 0 saturated heterocycles. The quantitative estimate of drug-likeness (QED) is 0.0405. The van der Waals surface area contributed by atoms with Crippen molar-refractivity contribution < 1.29 is 27.9 Å². The first kappa shape index (κ1) is 37.2. The van der Waals surface area contributed by atoms with Crippen LogP contribution in [0.15, 0.2) is 24.7 Å². The molecule has 0 spiro atoms. The number of carbonyl (C=O) groups is 2. The number of rotatable bonds is 28. The van der Waals surface area contributed by atoms with Crippen LogP contribution in [0, 0.1) is 0 Å². The zero-order valence-electron chi connectivity index (χ0n) is 25.9. The maximum atomic E-state index is 12.4. The maximum Gasteiger partial charge on any atom is 0.458 e. The van der Waals surface area contributed by atoms with Crippen LogP contribution >= 0.6 is 0 Å². The van der Waals surface area contributed by atoms with Gasteiger partial charge >= 0.3 is 20.5 Å². The van der Waals surface area contributed by atoms with Gasteiger partial charge in [-0.05, 0) is 26.0 Å². The topological polar surface area (TPSA) is 71.1 Å². The fourth-order valence-electron chi connectivity index (χ4n) is 4.27. The van der Waals surface area contributed by atoms with Crippen LogP contribution in [0.25, 0.3) is 0 Å². The lowest BCUT2D eigenvalue weighted by Crippen LogP contribution is -2.40. The zero-order chi connectivity index (χ0) is 29.2. The lowest BCUT2D eigenvalue weighted by molar-refractivity contribution is -0.140. The monoisotopic (exact) mass is 568 g/mol. The molecule has 0 radical (unpaired) electrons. The van der Waals surface area contributed by atoms with Crippen LogP contribution in [0.2, 0.25) is 13.1 Å². The Morgan fingerprint density at radius 2 is 0.744 bits per heavy atom. The highest BCUT2D eigenvalue weighted by molar-refractivity contribution is 6.68. The Labute approximate surface area is 241 Å². The fraction of sp³-hybridized carbons (Fsp3) is 0.812. The van der Waals surface area contributed by atoms with E-state index < -0.39 is 20.5 Å². The molecule has 0 aromatic carbocycles. The Hall–Kier alpha value is -1.76. The Morgan fingerprint density at radius 3 is 1.03 bits per heavy atom. The van der Waals surface area contributed by atoms with E-state index in [2.05, 4.69) is 27.0 Å². The van der Waals surface area contributed by atoms with Crippen LogP contribution in [-0.4, -0.2) is 33.7 Å². The molecule has 0 aliphatic heterocycles. The molecule has 7 heteroatoms. The molecule has 0 N–H and O–H groups in total. The molecular formula is C32H60O6Si. The van der Waals surface area contributed by atoms with E-state index in [0.717, 1.165) is 25.7 Å². The van der Waals surface area contributed by atoms with Gasteiger partial charge in [0.05, 0.1) is 13.2 Å². The summed E-state index contributed by atoms with van der Waals surface area (Å²) in [6, 6.07) is 0. The molecule has 6 nitrogen and oxygen atoms in total. The van der Waals surface area contributed by atoms with E-state index in [9.17, 15) is 9.59 Å². The summed E-state index contributed by atoms with van der Waals surface area (Å²) >= 11 is 0. The normalized spacial score (nSPS) is 11.2. The molecule has 0 aliphatic rings. The largest absolute Gasteiger partial charge is 0.487 e. The van der Waals surface area contributed by atoms with Crippen LogP contribution in [-0.2, 0) is 27.9 Å². The van der Waals surface area contributed by atoms with Crippen LogP contribution in [0.5, 0.6) is 0 Å². The van der Waals surface area contributed by atoms with Gasteiger partial charge in [0.15, 0.2) is 11.5 Å². The number of unbranched alkanes of at least 4 members (excludes halogenated alkanes) is 18. The standard InChI is InChI=1S/C32H60O6Si/c1-7-9-11-13-15-17-19-21-23-25-27-35-29(3)31(33)37-39(5,6)38-32(34)30(4)36-28-26-24-22-20-18-16-14-12-10-8-2/h3-4,7-28H2,1-2,5-6H3. The molecule has 0 bridgehead atoms. The number of hydrogen-bond donors (Lipinski definition) is 0. The van der Waals surface area contributed by atoms with Crippen LogP contribution in [0.3, 0.4) is 0 Å². The van der Waals surface area contributed by atoms with E-state index in [-0.39, 0.29) is 11.5 Å². The number of hydrogen-bond acceptors (Lipinski definition) is 6. The molecule has 0 saturated carbocycles. The van der Waals surface area contributed by atoms with Crippen molar-refractivity contribution in [3.05, 3.63) is 24.7 Å². The van der Waals surface area contributed by atoms with E-state index >= 15 is 0 Å². The second-order valence-corrected chi connectivity index (χ2v) is 14.3. The van der Waals surface area contributed by atoms with Gasteiger partial charge in [0, 0.05) is 13.1 Å². The summed E-state index contributed by atoms with van der Waals surface area (Å²) in [6.45, 7) is 15.9. The Bertz CT molecular complexity index is 607. The van der Waals surface area contributed by atoms with E-state index in [1.54, 1.807) is 13.1 Å². The maximum absolute atomic E-state index is 12.4. The van der Waals surface area contributed by atoms with Crippen LogP contribution in [0.1, 0.15) is 142 Å². The molecule has 0 atom stereocenters.